The van der Waals surface area contributed by atoms with Crippen LogP contribution < -0.4 is 0 Å². The van der Waals surface area contributed by atoms with E-state index in [9.17, 15) is 14.0 Å². The van der Waals surface area contributed by atoms with Crippen LogP contribution in [-0.2, 0) is 26.2 Å². The number of amides is 1. The van der Waals surface area contributed by atoms with Crippen molar-refractivity contribution in [1.82, 2.24) is 4.90 Å². The van der Waals surface area contributed by atoms with Gasteiger partial charge in [-0.05, 0) is 30.0 Å². The van der Waals surface area contributed by atoms with Crippen LogP contribution in [0.5, 0.6) is 0 Å². The smallest absolute Gasteiger partial charge is 0.316 e. The molecule has 1 saturated heterocycles. The van der Waals surface area contributed by atoms with Gasteiger partial charge in [0.1, 0.15) is 5.82 Å². The van der Waals surface area contributed by atoms with E-state index in [0.717, 1.165) is 5.56 Å². The number of methoxy groups -OCH3 is 1. The molecule has 1 amide bonds. The van der Waals surface area contributed by atoms with E-state index in [0.29, 0.717) is 31.5 Å². The fourth-order valence-electron chi connectivity index (χ4n) is 3.62. The predicted molar refractivity (Wildman–Crippen MR) is 96.1 cm³/mol. The van der Waals surface area contributed by atoms with Gasteiger partial charge in [-0.15, -0.1) is 0 Å². The summed E-state index contributed by atoms with van der Waals surface area (Å²) in [6.07, 6.45) is 1.02. The third kappa shape index (κ3) is 3.47. The molecule has 0 aliphatic carbocycles. The lowest BCUT2D eigenvalue weighted by Crippen LogP contribution is -2.49. The van der Waals surface area contributed by atoms with Gasteiger partial charge in [0.2, 0.25) is 5.91 Å². The first kappa shape index (κ1) is 18.1. The normalized spacial score (nSPS) is 16.2. The van der Waals surface area contributed by atoms with Crippen LogP contribution >= 0.6 is 0 Å². The highest BCUT2D eigenvalue weighted by Gasteiger charge is 2.44. The molecule has 5 heteroatoms. The van der Waals surface area contributed by atoms with Gasteiger partial charge in [0.25, 0.3) is 0 Å². The molecular weight excluding hydrogens is 333 g/mol. The zero-order valence-corrected chi connectivity index (χ0v) is 14.8. The Bertz CT molecular complexity index is 783. The molecule has 1 aliphatic rings. The Morgan fingerprint density at radius 3 is 2.27 bits per heavy atom. The van der Waals surface area contributed by atoms with E-state index in [1.54, 1.807) is 23.1 Å². The molecule has 1 heterocycles. The topological polar surface area (TPSA) is 46.6 Å². The van der Waals surface area contributed by atoms with Crippen molar-refractivity contribution < 1.29 is 18.7 Å². The molecule has 0 aromatic heterocycles. The molecule has 0 bridgehead atoms. The number of benzene rings is 2. The molecule has 136 valence electrons. The Balaban J connectivity index is 1.73. The van der Waals surface area contributed by atoms with Gasteiger partial charge in [0.15, 0.2) is 0 Å². The second kappa shape index (κ2) is 7.68. The first-order chi connectivity index (χ1) is 12.6. The maximum absolute atomic E-state index is 13.8. The Morgan fingerprint density at radius 1 is 1.04 bits per heavy atom. The summed E-state index contributed by atoms with van der Waals surface area (Å²) in [5, 5.41) is 0. The fraction of sp³-hybridized carbons (Fsp3) is 0.333. The van der Waals surface area contributed by atoms with E-state index in [1.807, 2.05) is 30.3 Å². The average molecular weight is 355 g/mol. The zero-order chi connectivity index (χ0) is 18.6. The highest BCUT2D eigenvalue weighted by atomic mass is 19.1. The van der Waals surface area contributed by atoms with Crippen molar-refractivity contribution in [3.63, 3.8) is 0 Å². The highest BCUT2D eigenvalue weighted by Crippen LogP contribution is 2.37. The quantitative estimate of drug-likeness (QED) is 0.792. The van der Waals surface area contributed by atoms with Gasteiger partial charge in [-0.2, -0.15) is 0 Å². The van der Waals surface area contributed by atoms with Gasteiger partial charge in [0.05, 0.1) is 18.9 Å². The van der Waals surface area contributed by atoms with Crippen LogP contribution in [0.25, 0.3) is 0 Å². The minimum atomic E-state index is -0.731. The number of esters is 1. The van der Waals surface area contributed by atoms with Crippen molar-refractivity contribution in [3.05, 3.63) is 71.5 Å². The standard InChI is InChI=1S/C21H22FNO3/c1-26-20(25)21(17-8-3-2-4-9-17)11-13-23(14-12-21)19(24)15-16-7-5-6-10-18(16)22/h2-10H,11-15H2,1H3. The van der Waals surface area contributed by atoms with Gasteiger partial charge in [0, 0.05) is 13.1 Å². The maximum Gasteiger partial charge on any atom is 0.316 e. The molecule has 1 fully saturated rings. The van der Waals surface area contributed by atoms with E-state index in [2.05, 4.69) is 0 Å². The Hall–Kier alpha value is -2.69. The lowest BCUT2D eigenvalue weighted by atomic mass is 9.72. The number of likely N-dealkylation sites (tertiary alicyclic amines) is 1. The lowest BCUT2D eigenvalue weighted by Gasteiger charge is -2.40. The van der Waals surface area contributed by atoms with Crippen molar-refractivity contribution in [3.8, 4) is 0 Å². The summed E-state index contributed by atoms with van der Waals surface area (Å²) >= 11 is 0. The van der Waals surface area contributed by atoms with Gasteiger partial charge >= 0.3 is 5.97 Å². The van der Waals surface area contributed by atoms with Crippen LogP contribution in [0.4, 0.5) is 4.39 Å². The largest absolute Gasteiger partial charge is 0.468 e. The summed E-state index contributed by atoms with van der Waals surface area (Å²) in [6.45, 7) is 0.883. The third-order valence-corrected chi connectivity index (χ3v) is 5.17. The Morgan fingerprint density at radius 2 is 1.65 bits per heavy atom. The first-order valence-electron chi connectivity index (χ1n) is 8.72. The SMILES string of the molecule is COC(=O)C1(c2ccccc2)CCN(C(=O)Cc2ccccc2F)CC1. The monoisotopic (exact) mass is 355 g/mol. The number of hydrogen-bond donors (Lipinski definition) is 0. The molecule has 0 spiro atoms. The number of halogens is 1. The summed E-state index contributed by atoms with van der Waals surface area (Å²) in [6, 6.07) is 15.9. The molecule has 1 aliphatic heterocycles. The minimum absolute atomic E-state index is 0.0310. The number of ether oxygens (including phenoxy) is 1. The summed E-state index contributed by atoms with van der Waals surface area (Å²) in [5.74, 6) is -0.766. The van der Waals surface area contributed by atoms with Crippen molar-refractivity contribution in [2.75, 3.05) is 20.2 Å². The van der Waals surface area contributed by atoms with Crippen molar-refractivity contribution in [2.45, 2.75) is 24.7 Å². The molecular formula is C21H22FNO3. The van der Waals surface area contributed by atoms with Crippen LogP contribution in [0.2, 0.25) is 0 Å². The number of piperidine rings is 1. The number of hydrogen-bond acceptors (Lipinski definition) is 3. The minimum Gasteiger partial charge on any atom is -0.468 e. The number of rotatable bonds is 4. The van der Waals surface area contributed by atoms with Gasteiger partial charge in [-0.25, -0.2) is 4.39 Å². The van der Waals surface area contributed by atoms with E-state index in [1.165, 1.54) is 13.2 Å². The van der Waals surface area contributed by atoms with Gasteiger partial charge < -0.3 is 9.64 Å². The van der Waals surface area contributed by atoms with Gasteiger partial charge in [-0.3, -0.25) is 9.59 Å². The second-order valence-electron chi connectivity index (χ2n) is 6.59. The van der Waals surface area contributed by atoms with Crippen molar-refractivity contribution in [1.29, 1.82) is 0 Å². The average Bonchev–Trinajstić information content (AvgIpc) is 2.69. The van der Waals surface area contributed by atoms with E-state index in [-0.39, 0.29) is 24.1 Å². The zero-order valence-electron chi connectivity index (χ0n) is 14.8. The van der Waals surface area contributed by atoms with Crippen LogP contribution in [0.1, 0.15) is 24.0 Å². The maximum atomic E-state index is 13.8. The van der Waals surface area contributed by atoms with E-state index in [4.69, 9.17) is 4.74 Å². The van der Waals surface area contributed by atoms with Crippen LogP contribution in [0.15, 0.2) is 54.6 Å². The Labute approximate surface area is 152 Å². The molecule has 0 saturated carbocycles. The molecule has 3 rings (SSSR count). The second-order valence-corrected chi connectivity index (χ2v) is 6.59. The summed E-state index contributed by atoms with van der Waals surface area (Å²) in [5.41, 5.74) is 0.573. The van der Waals surface area contributed by atoms with Crippen molar-refractivity contribution in [2.24, 2.45) is 0 Å². The number of carbonyl (C=O) groups is 2. The van der Waals surface area contributed by atoms with Crippen LogP contribution in [-0.4, -0.2) is 37.0 Å². The summed E-state index contributed by atoms with van der Waals surface area (Å²) in [7, 11) is 1.39. The third-order valence-electron chi connectivity index (χ3n) is 5.17. The molecule has 0 N–H and O–H groups in total. The number of nitrogens with zero attached hydrogens (tertiary/aromatic N) is 1. The van der Waals surface area contributed by atoms with Crippen LogP contribution in [0, 0.1) is 5.82 Å². The van der Waals surface area contributed by atoms with Crippen molar-refractivity contribution >= 4 is 11.9 Å². The van der Waals surface area contributed by atoms with E-state index < -0.39 is 5.41 Å². The molecule has 4 nitrogen and oxygen atoms in total. The summed E-state index contributed by atoms with van der Waals surface area (Å²) < 4.78 is 18.8. The van der Waals surface area contributed by atoms with Gasteiger partial charge in [-0.1, -0.05) is 48.5 Å². The van der Waals surface area contributed by atoms with Crippen LogP contribution in [0.3, 0.4) is 0 Å². The Kier molecular flexibility index (Phi) is 5.35. The molecule has 2 aromatic carbocycles. The molecule has 0 atom stereocenters. The molecule has 2 aromatic rings. The predicted octanol–water partition coefficient (Wildman–Crippen LogP) is 3.10. The first-order valence-corrected chi connectivity index (χ1v) is 8.72. The fourth-order valence-corrected chi connectivity index (χ4v) is 3.62. The molecule has 26 heavy (non-hydrogen) atoms. The molecule has 0 radical (unpaired) electrons. The van der Waals surface area contributed by atoms with E-state index >= 15 is 0 Å². The highest BCUT2D eigenvalue weighted by molar-refractivity contribution is 5.84. The summed E-state index contributed by atoms with van der Waals surface area (Å²) in [4.78, 5) is 26.8. The lowest BCUT2D eigenvalue weighted by molar-refractivity contribution is -0.151. The number of carbonyl (C=O) groups excluding carboxylic acids is 2. The molecule has 0 unspecified atom stereocenters.